The molecular weight excluding hydrogens is 263 g/mol. The average Bonchev–Trinajstić information content (AvgIpc) is 2.62. The maximum atomic E-state index is 12.6. The van der Waals surface area contributed by atoms with Crippen molar-refractivity contribution in [3.05, 3.63) is 0 Å². The van der Waals surface area contributed by atoms with E-state index in [2.05, 4.69) is 5.32 Å². The van der Waals surface area contributed by atoms with Gasteiger partial charge in [-0.1, -0.05) is 20.3 Å². The van der Waals surface area contributed by atoms with Crippen molar-refractivity contribution in [2.45, 2.75) is 51.7 Å². The van der Waals surface area contributed by atoms with E-state index in [4.69, 9.17) is 5.11 Å². The first-order valence-corrected chi connectivity index (χ1v) is 6.13. The van der Waals surface area contributed by atoms with Gasteiger partial charge in [0.1, 0.15) is 0 Å². The van der Waals surface area contributed by atoms with Gasteiger partial charge in [0.05, 0.1) is 11.3 Å². The Morgan fingerprint density at radius 2 is 1.84 bits per heavy atom. The van der Waals surface area contributed by atoms with Crippen LogP contribution in [0.1, 0.15) is 39.5 Å². The fourth-order valence-corrected chi connectivity index (χ4v) is 2.19. The van der Waals surface area contributed by atoms with Gasteiger partial charge < -0.3 is 10.4 Å². The molecule has 2 atom stereocenters. The van der Waals surface area contributed by atoms with Gasteiger partial charge >= 0.3 is 12.1 Å². The Hall–Kier alpha value is -1.27. The van der Waals surface area contributed by atoms with E-state index in [1.165, 1.54) is 0 Å². The number of rotatable bonds is 4. The van der Waals surface area contributed by atoms with Crippen LogP contribution < -0.4 is 5.32 Å². The van der Waals surface area contributed by atoms with Crippen molar-refractivity contribution in [2.24, 2.45) is 11.3 Å². The topological polar surface area (TPSA) is 66.4 Å². The highest BCUT2D eigenvalue weighted by Crippen LogP contribution is 2.40. The summed E-state index contributed by atoms with van der Waals surface area (Å²) in [5, 5.41) is 11.3. The Kier molecular flexibility index (Phi) is 4.47. The standard InChI is InChI=1S/C12H18F3NO3/c1-11(2,12(13,14)15)6-9(17)16-8-5-3-4-7(8)10(18)19/h7-8H,3-6H2,1-2H3,(H,16,17)(H,18,19)/t7-,8+/m0/s1. The molecule has 0 saturated heterocycles. The van der Waals surface area contributed by atoms with E-state index < -0.39 is 41.8 Å². The normalized spacial score (nSPS) is 24.3. The highest BCUT2D eigenvalue weighted by Gasteiger charge is 2.48. The summed E-state index contributed by atoms with van der Waals surface area (Å²) in [6.45, 7) is 1.91. The SMILES string of the molecule is CC(C)(CC(=O)N[C@@H]1CCC[C@@H]1C(=O)O)C(F)(F)F. The van der Waals surface area contributed by atoms with Crippen molar-refractivity contribution in [3.63, 3.8) is 0 Å². The van der Waals surface area contributed by atoms with Crippen LogP contribution in [0.4, 0.5) is 13.2 Å². The zero-order chi connectivity index (χ0) is 14.8. The second kappa shape index (κ2) is 5.38. The van der Waals surface area contributed by atoms with Crippen LogP contribution in [0.3, 0.4) is 0 Å². The molecule has 1 fully saturated rings. The molecule has 1 saturated carbocycles. The summed E-state index contributed by atoms with van der Waals surface area (Å²) in [6, 6.07) is -0.561. The van der Waals surface area contributed by atoms with Gasteiger partial charge in [0.2, 0.25) is 5.91 Å². The first-order chi connectivity index (χ1) is 8.54. The highest BCUT2D eigenvalue weighted by molar-refractivity contribution is 5.79. The quantitative estimate of drug-likeness (QED) is 0.831. The molecule has 110 valence electrons. The van der Waals surface area contributed by atoms with E-state index in [0.29, 0.717) is 19.3 Å². The van der Waals surface area contributed by atoms with Gasteiger partial charge in [-0.3, -0.25) is 9.59 Å². The lowest BCUT2D eigenvalue weighted by molar-refractivity contribution is -0.214. The highest BCUT2D eigenvalue weighted by atomic mass is 19.4. The molecule has 7 heteroatoms. The van der Waals surface area contributed by atoms with Gasteiger partial charge in [-0.2, -0.15) is 13.2 Å². The molecule has 19 heavy (non-hydrogen) atoms. The van der Waals surface area contributed by atoms with Crippen LogP contribution in [0.2, 0.25) is 0 Å². The summed E-state index contributed by atoms with van der Waals surface area (Å²) >= 11 is 0. The van der Waals surface area contributed by atoms with Crippen LogP contribution >= 0.6 is 0 Å². The lowest BCUT2D eigenvalue weighted by atomic mass is 9.88. The molecule has 0 heterocycles. The molecule has 4 nitrogen and oxygen atoms in total. The van der Waals surface area contributed by atoms with E-state index >= 15 is 0 Å². The van der Waals surface area contributed by atoms with E-state index in [-0.39, 0.29) is 0 Å². The van der Waals surface area contributed by atoms with Crippen LogP contribution in [0.15, 0.2) is 0 Å². The first-order valence-electron chi connectivity index (χ1n) is 6.13. The van der Waals surface area contributed by atoms with Crippen molar-refractivity contribution in [1.29, 1.82) is 0 Å². The number of hydrogen-bond acceptors (Lipinski definition) is 2. The van der Waals surface area contributed by atoms with Crippen LogP contribution in [0.5, 0.6) is 0 Å². The first kappa shape index (κ1) is 15.8. The number of carboxylic acid groups (broad SMARTS) is 1. The lowest BCUT2D eigenvalue weighted by Gasteiger charge is -2.28. The minimum absolute atomic E-state index is 0.447. The molecule has 0 spiro atoms. The van der Waals surface area contributed by atoms with Gasteiger partial charge in [-0.15, -0.1) is 0 Å². The van der Waals surface area contributed by atoms with Crippen molar-refractivity contribution >= 4 is 11.9 Å². The molecule has 0 aromatic rings. The number of carboxylic acids is 1. The summed E-state index contributed by atoms with van der Waals surface area (Å²) < 4.78 is 37.9. The Morgan fingerprint density at radius 3 is 2.32 bits per heavy atom. The van der Waals surface area contributed by atoms with Gasteiger partial charge in [0, 0.05) is 12.5 Å². The summed E-state index contributed by atoms with van der Waals surface area (Å²) in [5.41, 5.74) is -2.12. The molecule has 1 amide bonds. The Balaban J connectivity index is 2.59. The second-order valence-electron chi connectivity index (χ2n) is 5.61. The Morgan fingerprint density at radius 1 is 1.26 bits per heavy atom. The maximum absolute atomic E-state index is 12.6. The van der Waals surface area contributed by atoms with Crippen molar-refractivity contribution in [2.75, 3.05) is 0 Å². The van der Waals surface area contributed by atoms with E-state index in [1.54, 1.807) is 0 Å². The molecule has 0 radical (unpaired) electrons. The van der Waals surface area contributed by atoms with E-state index in [9.17, 15) is 22.8 Å². The van der Waals surface area contributed by atoms with Gasteiger partial charge in [0.15, 0.2) is 0 Å². The van der Waals surface area contributed by atoms with Gasteiger partial charge in [-0.05, 0) is 12.8 Å². The molecule has 0 aromatic heterocycles. The number of amides is 1. The van der Waals surface area contributed by atoms with Gasteiger partial charge in [0.25, 0.3) is 0 Å². The number of carbonyl (C=O) groups excluding carboxylic acids is 1. The fourth-order valence-electron chi connectivity index (χ4n) is 2.19. The number of carbonyl (C=O) groups is 2. The van der Waals surface area contributed by atoms with Gasteiger partial charge in [-0.25, -0.2) is 0 Å². The second-order valence-corrected chi connectivity index (χ2v) is 5.61. The summed E-state index contributed by atoms with van der Waals surface area (Å²) in [4.78, 5) is 22.5. The summed E-state index contributed by atoms with van der Waals surface area (Å²) in [5.74, 6) is -2.46. The minimum Gasteiger partial charge on any atom is -0.481 e. The Bertz CT molecular complexity index is 366. The predicted octanol–water partition coefficient (Wildman–Crippen LogP) is 2.33. The zero-order valence-corrected chi connectivity index (χ0v) is 10.9. The molecular formula is C12H18F3NO3. The lowest BCUT2D eigenvalue weighted by Crippen LogP contribution is -2.44. The largest absolute Gasteiger partial charge is 0.481 e. The van der Waals surface area contributed by atoms with E-state index in [0.717, 1.165) is 13.8 Å². The number of aliphatic carboxylic acids is 1. The molecule has 0 aromatic carbocycles. The maximum Gasteiger partial charge on any atom is 0.394 e. The molecule has 0 bridgehead atoms. The van der Waals surface area contributed by atoms with Crippen molar-refractivity contribution in [1.82, 2.24) is 5.32 Å². The Labute approximate surface area is 109 Å². The molecule has 1 aliphatic carbocycles. The minimum atomic E-state index is -4.47. The van der Waals surface area contributed by atoms with Crippen LogP contribution in [0.25, 0.3) is 0 Å². The summed E-state index contributed by atoms with van der Waals surface area (Å²) in [7, 11) is 0. The molecule has 1 rings (SSSR count). The van der Waals surface area contributed by atoms with Crippen molar-refractivity contribution < 1.29 is 27.9 Å². The third-order valence-corrected chi connectivity index (χ3v) is 3.55. The third-order valence-electron chi connectivity index (χ3n) is 3.55. The summed E-state index contributed by atoms with van der Waals surface area (Å²) in [6.07, 6.45) is -3.56. The molecule has 0 unspecified atom stereocenters. The third kappa shape index (κ3) is 3.84. The van der Waals surface area contributed by atoms with Crippen LogP contribution in [0, 0.1) is 11.3 Å². The zero-order valence-electron chi connectivity index (χ0n) is 10.9. The molecule has 0 aliphatic heterocycles. The number of halogens is 3. The monoisotopic (exact) mass is 281 g/mol. The van der Waals surface area contributed by atoms with Crippen LogP contribution in [-0.2, 0) is 9.59 Å². The average molecular weight is 281 g/mol. The predicted molar refractivity (Wildman–Crippen MR) is 61.4 cm³/mol. The van der Waals surface area contributed by atoms with E-state index in [1.807, 2.05) is 0 Å². The van der Waals surface area contributed by atoms with Crippen molar-refractivity contribution in [3.8, 4) is 0 Å². The van der Waals surface area contributed by atoms with Crippen LogP contribution in [-0.4, -0.2) is 29.2 Å². The number of nitrogens with one attached hydrogen (secondary N) is 1. The number of hydrogen-bond donors (Lipinski definition) is 2. The molecule has 2 N–H and O–H groups in total. The smallest absolute Gasteiger partial charge is 0.394 e. The molecule has 1 aliphatic rings. The fraction of sp³-hybridized carbons (Fsp3) is 0.833. The number of alkyl halides is 3.